The maximum atomic E-state index is 10.9. The highest BCUT2D eigenvalue weighted by molar-refractivity contribution is 5.87. The lowest BCUT2D eigenvalue weighted by Crippen LogP contribution is -2.28. The topological polar surface area (TPSA) is 60.8 Å². The molecule has 2 aromatic rings. The molecule has 0 aliphatic heterocycles. The number of hydrogen-bond acceptors (Lipinski definition) is 3. The highest BCUT2D eigenvalue weighted by atomic mass is 16.4. The first-order valence-corrected chi connectivity index (χ1v) is 6.60. The molecular weight excluding hydrogens is 254 g/mol. The molecule has 1 unspecified atom stereocenters. The fraction of sp³-hybridized carbons (Fsp3) is 0.312. The summed E-state index contributed by atoms with van der Waals surface area (Å²) in [6.45, 7) is 2.64. The minimum atomic E-state index is -0.806. The van der Waals surface area contributed by atoms with Gasteiger partial charge in [-0.3, -0.25) is 4.79 Å². The molecule has 2 rings (SSSR count). The fourth-order valence-corrected chi connectivity index (χ4v) is 2.37. The van der Waals surface area contributed by atoms with Gasteiger partial charge in [-0.15, -0.1) is 0 Å². The average Bonchev–Trinajstić information content (AvgIpc) is 2.42. The Balaban J connectivity index is 2.24. The lowest BCUT2D eigenvalue weighted by atomic mass is 10.0. The molecule has 0 amide bonds. The predicted molar refractivity (Wildman–Crippen MR) is 78.7 cm³/mol. The second-order valence-electron chi connectivity index (χ2n) is 5.22. The van der Waals surface area contributed by atoms with Crippen LogP contribution in [0.1, 0.15) is 12.5 Å². The number of rotatable bonds is 5. The van der Waals surface area contributed by atoms with Gasteiger partial charge in [0.1, 0.15) is 5.75 Å². The minimum absolute atomic E-state index is 0.249. The molecule has 0 radical (unpaired) electrons. The number of nitrogens with zero attached hydrogens (tertiary/aromatic N) is 1. The first kappa shape index (κ1) is 14.3. The van der Waals surface area contributed by atoms with E-state index in [2.05, 4.69) is 0 Å². The van der Waals surface area contributed by atoms with Gasteiger partial charge in [-0.2, -0.15) is 0 Å². The highest BCUT2D eigenvalue weighted by Crippen LogP contribution is 2.28. The molecule has 0 aliphatic carbocycles. The quantitative estimate of drug-likeness (QED) is 0.879. The molecule has 4 heteroatoms. The average molecular weight is 273 g/mol. The number of carbonyl (C=O) groups is 1. The first-order chi connectivity index (χ1) is 9.49. The summed E-state index contributed by atoms with van der Waals surface area (Å²) in [5.41, 5.74) is 0.836. The van der Waals surface area contributed by atoms with Crippen LogP contribution in [0, 0.1) is 5.92 Å². The van der Waals surface area contributed by atoms with Crippen molar-refractivity contribution < 1.29 is 15.0 Å². The van der Waals surface area contributed by atoms with Crippen molar-refractivity contribution in [1.29, 1.82) is 0 Å². The number of carboxylic acids is 1. The summed E-state index contributed by atoms with van der Waals surface area (Å²) in [6, 6.07) is 11.4. The van der Waals surface area contributed by atoms with E-state index in [1.54, 1.807) is 13.0 Å². The Kier molecular flexibility index (Phi) is 4.25. The Morgan fingerprint density at radius 1 is 1.25 bits per heavy atom. The molecule has 1 atom stereocenters. The molecule has 2 aromatic carbocycles. The molecule has 0 fully saturated rings. The second-order valence-corrected chi connectivity index (χ2v) is 5.22. The number of hydrogen-bond donors (Lipinski definition) is 2. The zero-order chi connectivity index (χ0) is 14.7. The van der Waals surface area contributed by atoms with Gasteiger partial charge in [-0.1, -0.05) is 37.3 Å². The van der Waals surface area contributed by atoms with Gasteiger partial charge >= 0.3 is 5.97 Å². The van der Waals surface area contributed by atoms with Crippen LogP contribution in [0.4, 0.5) is 0 Å². The summed E-state index contributed by atoms with van der Waals surface area (Å²) < 4.78 is 0. The predicted octanol–water partition coefficient (Wildman–Crippen LogP) is 2.70. The zero-order valence-corrected chi connectivity index (χ0v) is 11.7. The molecular formula is C16H19NO3. The van der Waals surface area contributed by atoms with Crippen LogP contribution in [-0.2, 0) is 11.3 Å². The van der Waals surface area contributed by atoms with Gasteiger partial charge in [-0.25, -0.2) is 0 Å². The second kappa shape index (κ2) is 5.92. The Hall–Kier alpha value is -2.07. The molecule has 0 saturated heterocycles. The fourth-order valence-electron chi connectivity index (χ4n) is 2.37. The standard InChI is InChI=1S/C16H19NO3/c1-11(16(19)20)9-17(2)10-14-13-6-4-3-5-12(13)7-8-15(14)18/h3-8,11,18H,9-10H2,1-2H3,(H,19,20). The van der Waals surface area contributed by atoms with E-state index in [1.807, 2.05) is 42.3 Å². The summed E-state index contributed by atoms with van der Waals surface area (Å²) in [4.78, 5) is 12.8. The summed E-state index contributed by atoms with van der Waals surface area (Å²) in [6.07, 6.45) is 0. The van der Waals surface area contributed by atoms with Crippen LogP contribution in [0.5, 0.6) is 5.75 Å². The Morgan fingerprint density at radius 3 is 2.65 bits per heavy atom. The van der Waals surface area contributed by atoms with Gasteiger partial charge in [0.2, 0.25) is 0 Å². The van der Waals surface area contributed by atoms with E-state index in [0.29, 0.717) is 13.1 Å². The lowest BCUT2D eigenvalue weighted by molar-refractivity contribution is -0.141. The number of aromatic hydroxyl groups is 1. The molecule has 2 N–H and O–H groups in total. The number of carboxylic acid groups (broad SMARTS) is 1. The number of phenolic OH excluding ortho intramolecular Hbond substituents is 1. The number of aliphatic carboxylic acids is 1. The van der Waals surface area contributed by atoms with E-state index >= 15 is 0 Å². The lowest BCUT2D eigenvalue weighted by Gasteiger charge is -2.20. The van der Waals surface area contributed by atoms with Crippen LogP contribution in [0.15, 0.2) is 36.4 Å². The van der Waals surface area contributed by atoms with E-state index in [-0.39, 0.29) is 5.75 Å². The van der Waals surface area contributed by atoms with Gasteiger partial charge in [0.05, 0.1) is 5.92 Å². The summed E-state index contributed by atoms with van der Waals surface area (Å²) in [5.74, 6) is -0.991. The Bertz CT molecular complexity index is 624. The van der Waals surface area contributed by atoms with E-state index in [9.17, 15) is 9.90 Å². The largest absolute Gasteiger partial charge is 0.508 e. The van der Waals surface area contributed by atoms with Crippen LogP contribution in [0.25, 0.3) is 10.8 Å². The van der Waals surface area contributed by atoms with Gasteiger partial charge in [0.25, 0.3) is 0 Å². The van der Waals surface area contributed by atoms with Crippen molar-refractivity contribution in [3.8, 4) is 5.75 Å². The van der Waals surface area contributed by atoms with Crippen molar-refractivity contribution in [2.75, 3.05) is 13.6 Å². The molecule has 0 heterocycles. The summed E-state index contributed by atoms with van der Waals surface area (Å²) in [5, 5.41) is 21.1. The van der Waals surface area contributed by atoms with Gasteiger partial charge < -0.3 is 15.1 Å². The first-order valence-electron chi connectivity index (χ1n) is 6.60. The van der Waals surface area contributed by atoms with Crippen LogP contribution in [0.3, 0.4) is 0 Å². The Morgan fingerprint density at radius 2 is 1.95 bits per heavy atom. The van der Waals surface area contributed by atoms with E-state index in [0.717, 1.165) is 16.3 Å². The maximum absolute atomic E-state index is 10.9. The monoisotopic (exact) mass is 273 g/mol. The maximum Gasteiger partial charge on any atom is 0.307 e. The molecule has 0 aliphatic rings. The minimum Gasteiger partial charge on any atom is -0.508 e. The number of phenols is 1. The molecule has 4 nitrogen and oxygen atoms in total. The number of fused-ring (bicyclic) bond motifs is 1. The van der Waals surface area contributed by atoms with Crippen LogP contribution >= 0.6 is 0 Å². The van der Waals surface area contributed by atoms with E-state index in [4.69, 9.17) is 5.11 Å². The van der Waals surface area contributed by atoms with Crippen LogP contribution < -0.4 is 0 Å². The molecule has 0 aromatic heterocycles. The molecule has 106 valence electrons. The molecule has 20 heavy (non-hydrogen) atoms. The van der Waals surface area contributed by atoms with Gasteiger partial charge in [0.15, 0.2) is 0 Å². The normalized spacial score (nSPS) is 12.8. The van der Waals surface area contributed by atoms with Crippen molar-refractivity contribution in [3.05, 3.63) is 42.0 Å². The third-order valence-electron chi connectivity index (χ3n) is 3.45. The number of benzene rings is 2. The third-order valence-corrected chi connectivity index (χ3v) is 3.45. The highest BCUT2D eigenvalue weighted by Gasteiger charge is 2.15. The molecule has 0 spiro atoms. The van der Waals surface area contributed by atoms with Crippen molar-refractivity contribution in [2.45, 2.75) is 13.5 Å². The van der Waals surface area contributed by atoms with Crippen molar-refractivity contribution in [1.82, 2.24) is 4.90 Å². The van der Waals surface area contributed by atoms with Gasteiger partial charge in [0, 0.05) is 18.7 Å². The van der Waals surface area contributed by atoms with Crippen molar-refractivity contribution in [2.24, 2.45) is 5.92 Å². The summed E-state index contributed by atoms with van der Waals surface area (Å²) >= 11 is 0. The van der Waals surface area contributed by atoms with Crippen molar-refractivity contribution >= 4 is 16.7 Å². The molecule has 0 saturated carbocycles. The van der Waals surface area contributed by atoms with Crippen molar-refractivity contribution in [3.63, 3.8) is 0 Å². The Labute approximate surface area is 118 Å². The smallest absolute Gasteiger partial charge is 0.307 e. The SMILES string of the molecule is CC(CN(C)Cc1c(O)ccc2ccccc12)C(=O)O. The van der Waals surface area contributed by atoms with Gasteiger partial charge in [-0.05, 0) is 23.9 Å². The third kappa shape index (κ3) is 3.08. The van der Waals surface area contributed by atoms with Crippen LogP contribution in [-0.4, -0.2) is 34.7 Å². The zero-order valence-electron chi connectivity index (χ0n) is 11.7. The van der Waals surface area contributed by atoms with E-state index in [1.165, 1.54) is 0 Å². The van der Waals surface area contributed by atoms with Crippen LogP contribution in [0.2, 0.25) is 0 Å². The van der Waals surface area contributed by atoms with E-state index < -0.39 is 11.9 Å². The summed E-state index contributed by atoms with van der Waals surface area (Å²) in [7, 11) is 1.86. The molecule has 0 bridgehead atoms.